The van der Waals surface area contributed by atoms with Crippen molar-refractivity contribution in [3.63, 3.8) is 0 Å². The Morgan fingerprint density at radius 3 is 2.85 bits per heavy atom. The maximum atomic E-state index is 6.08. The Kier molecular flexibility index (Phi) is 6.37. The lowest BCUT2D eigenvalue weighted by Gasteiger charge is -2.30. The molecule has 2 rings (SSSR count). The third-order valence-electron chi connectivity index (χ3n) is 4.68. The average molecular weight is 298 g/mol. The van der Waals surface area contributed by atoms with Crippen LogP contribution in [-0.4, -0.2) is 22.2 Å². The molecule has 3 atom stereocenters. The van der Waals surface area contributed by atoms with E-state index in [4.69, 9.17) is 11.6 Å². The number of rotatable bonds is 7. The quantitative estimate of drug-likeness (QED) is 0.771. The predicted molar refractivity (Wildman–Crippen MR) is 85.1 cm³/mol. The van der Waals surface area contributed by atoms with Crippen molar-refractivity contribution >= 4 is 11.6 Å². The molecule has 3 nitrogen and oxygen atoms in total. The molecular formula is C16H28ClN3. The second kappa shape index (κ2) is 8.04. The molecule has 1 fully saturated rings. The van der Waals surface area contributed by atoms with Crippen molar-refractivity contribution in [3.05, 3.63) is 18.0 Å². The van der Waals surface area contributed by atoms with Crippen LogP contribution in [0.1, 0.15) is 57.7 Å². The molecule has 1 aliphatic carbocycles. The van der Waals surface area contributed by atoms with Gasteiger partial charge in [-0.15, -0.1) is 11.6 Å². The Balaban J connectivity index is 1.76. The van der Waals surface area contributed by atoms with E-state index in [1.54, 1.807) is 0 Å². The first-order valence-electron chi connectivity index (χ1n) is 8.05. The van der Waals surface area contributed by atoms with Crippen LogP contribution >= 0.6 is 11.6 Å². The summed E-state index contributed by atoms with van der Waals surface area (Å²) in [5.74, 6) is 2.27. The molecule has 0 aliphatic heterocycles. The smallest absolute Gasteiger partial charge is 0.0762 e. The highest BCUT2D eigenvalue weighted by atomic mass is 35.5. The maximum absolute atomic E-state index is 6.08. The third kappa shape index (κ3) is 4.23. The van der Waals surface area contributed by atoms with Crippen molar-refractivity contribution in [1.29, 1.82) is 0 Å². The Hall–Kier alpha value is -0.540. The van der Waals surface area contributed by atoms with E-state index < -0.39 is 0 Å². The topological polar surface area (TPSA) is 29.9 Å². The zero-order valence-corrected chi connectivity index (χ0v) is 13.6. The fraction of sp³-hybridized carbons (Fsp3) is 0.812. The molecule has 0 saturated heterocycles. The first-order chi connectivity index (χ1) is 9.74. The minimum atomic E-state index is 0.489. The molecule has 1 N–H and O–H groups in total. The molecule has 20 heavy (non-hydrogen) atoms. The van der Waals surface area contributed by atoms with Gasteiger partial charge < -0.3 is 5.32 Å². The van der Waals surface area contributed by atoms with E-state index in [1.165, 1.54) is 25.7 Å². The van der Waals surface area contributed by atoms with E-state index >= 15 is 0 Å². The number of hydrogen-bond acceptors (Lipinski definition) is 2. The van der Waals surface area contributed by atoms with Crippen molar-refractivity contribution < 1.29 is 0 Å². The predicted octanol–water partition coefficient (Wildman–Crippen LogP) is 3.99. The molecule has 0 spiro atoms. The van der Waals surface area contributed by atoms with Gasteiger partial charge in [0.25, 0.3) is 0 Å². The normalized spacial score (nSPS) is 24.8. The second-order valence-corrected chi connectivity index (χ2v) is 6.44. The van der Waals surface area contributed by atoms with Crippen molar-refractivity contribution in [1.82, 2.24) is 15.1 Å². The SMILES string of the molecule is CCC(C)n1ccc(CNCC2CCCCC2CCl)n1. The standard InChI is InChI=1S/C16H28ClN3/c1-3-13(2)20-9-8-16(19-20)12-18-11-15-7-5-4-6-14(15)10-17/h8-9,13-15,18H,3-7,10-12H2,1-2H3. The summed E-state index contributed by atoms with van der Waals surface area (Å²) in [7, 11) is 0. The van der Waals surface area contributed by atoms with Crippen molar-refractivity contribution in [2.24, 2.45) is 11.8 Å². The van der Waals surface area contributed by atoms with Crippen LogP contribution in [0.15, 0.2) is 12.3 Å². The van der Waals surface area contributed by atoms with Crippen LogP contribution in [0.25, 0.3) is 0 Å². The minimum Gasteiger partial charge on any atom is -0.311 e. The summed E-state index contributed by atoms with van der Waals surface area (Å²) in [4.78, 5) is 0. The van der Waals surface area contributed by atoms with E-state index in [1.807, 2.05) is 0 Å². The molecule has 1 aromatic heterocycles. The van der Waals surface area contributed by atoms with Crippen LogP contribution in [0.3, 0.4) is 0 Å². The molecule has 1 heterocycles. The van der Waals surface area contributed by atoms with E-state index in [0.29, 0.717) is 12.0 Å². The first kappa shape index (κ1) is 15.8. The summed E-state index contributed by atoms with van der Waals surface area (Å²) in [5, 5.41) is 8.20. The third-order valence-corrected chi connectivity index (χ3v) is 5.08. The zero-order valence-electron chi connectivity index (χ0n) is 12.8. The number of nitrogens with one attached hydrogen (secondary N) is 1. The van der Waals surface area contributed by atoms with Crippen LogP contribution < -0.4 is 5.32 Å². The van der Waals surface area contributed by atoms with E-state index in [-0.39, 0.29) is 0 Å². The van der Waals surface area contributed by atoms with Gasteiger partial charge in [0.05, 0.1) is 5.69 Å². The molecule has 0 radical (unpaired) electrons. The molecule has 114 valence electrons. The highest BCUT2D eigenvalue weighted by Gasteiger charge is 2.23. The number of alkyl halides is 1. The number of aromatic nitrogens is 2. The Morgan fingerprint density at radius 2 is 2.15 bits per heavy atom. The maximum Gasteiger partial charge on any atom is 0.0762 e. The van der Waals surface area contributed by atoms with Crippen LogP contribution in [-0.2, 0) is 6.54 Å². The van der Waals surface area contributed by atoms with Gasteiger partial charge in [-0.05, 0) is 50.6 Å². The van der Waals surface area contributed by atoms with Gasteiger partial charge in [-0.25, -0.2) is 0 Å². The molecule has 1 saturated carbocycles. The summed E-state index contributed by atoms with van der Waals surface area (Å²) < 4.78 is 2.07. The molecule has 1 aliphatic rings. The lowest BCUT2D eigenvalue weighted by atomic mass is 9.80. The zero-order chi connectivity index (χ0) is 14.4. The Labute approximate surface area is 128 Å². The highest BCUT2D eigenvalue weighted by Crippen LogP contribution is 2.30. The molecule has 0 amide bonds. The molecular weight excluding hydrogens is 270 g/mol. The largest absolute Gasteiger partial charge is 0.311 e. The van der Waals surface area contributed by atoms with Gasteiger partial charge in [0.1, 0.15) is 0 Å². The molecule has 0 bridgehead atoms. The minimum absolute atomic E-state index is 0.489. The number of nitrogens with zero attached hydrogens (tertiary/aromatic N) is 2. The van der Waals surface area contributed by atoms with Gasteiger partial charge in [-0.3, -0.25) is 4.68 Å². The van der Waals surface area contributed by atoms with Crippen LogP contribution in [0.4, 0.5) is 0 Å². The summed E-state index contributed by atoms with van der Waals surface area (Å²) in [6, 6.07) is 2.61. The van der Waals surface area contributed by atoms with Gasteiger partial charge in [0.2, 0.25) is 0 Å². The molecule has 4 heteroatoms. The van der Waals surface area contributed by atoms with Gasteiger partial charge in [-0.1, -0.05) is 19.8 Å². The van der Waals surface area contributed by atoms with Crippen LogP contribution in [0.2, 0.25) is 0 Å². The van der Waals surface area contributed by atoms with Crippen molar-refractivity contribution in [2.45, 2.75) is 58.5 Å². The monoisotopic (exact) mass is 297 g/mol. The summed E-state index contributed by atoms with van der Waals surface area (Å²) >= 11 is 6.08. The first-order valence-corrected chi connectivity index (χ1v) is 8.58. The summed E-state index contributed by atoms with van der Waals surface area (Å²) in [5.41, 5.74) is 1.14. The average Bonchev–Trinajstić information content (AvgIpc) is 2.96. The molecule has 0 aromatic carbocycles. The van der Waals surface area contributed by atoms with Gasteiger partial charge in [0, 0.05) is 24.7 Å². The van der Waals surface area contributed by atoms with E-state index in [2.05, 4.69) is 41.2 Å². The highest BCUT2D eigenvalue weighted by molar-refractivity contribution is 6.18. The van der Waals surface area contributed by atoms with Gasteiger partial charge >= 0.3 is 0 Å². The van der Waals surface area contributed by atoms with E-state index in [0.717, 1.165) is 37.0 Å². The fourth-order valence-corrected chi connectivity index (χ4v) is 3.45. The lowest BCUT2D eigenvalue weighted by Crippen LogP contribution is -2.31. The molecule has 1 aromatic rings. The Bertz CT molecular complexity index is 391. The molecule has 3 unspecified atom stereocenters. The van der Waals surface area contributed by atoms with Crippen LogP contribution in [0, 0.1) is 11.8 Å². The van der Waals surface area contributed by atoms with Crippen LogP contribution in [0.5, 0.6) is 0 Å². The van der Waals surface area contributed by atoms with E-state index in [9.17, 15) is 0 Å². The van der Waals surface area contributed by atoms with Crippen molar-refractivity contribution in [2.75, 3.05) is 12.4 Å². The van der Waals surface area contributed by atoms with Gasteiger partial charge in [-0.2, -0.15) is 5.10 Å². The van der Waals surface area contributed by atoms with Crippen molar-refractivity contribution in [3.8, 4) is 0 Å². The number of hydrogen-bond donors (Lipinski definition) is 1. The van der Waals surface area contributed by atoms with Gasteiger partial charge in [0.15, 0.2) is 0 Å². The Morgan fingerprint density at radius 1 is 1.40 bits per heavy atom. The lowest BCUT2D eigenvalue weighted by molar-refractivity contribution is 0.250. The fourth-order valence-electron chi connectivity index (χ4n) is 3.05. The number of halogens is 1. The summed E-state index contributed by atoms with van der Waals surface area (Å²) in [6.45, 7) is 6.35. The summed E-state index contributed by atoms with van der Waals surface area (Å²) in [6.07, 6.45) is 8.56. The second-order valence-electron chi connectivity index (χ2n) is 6.13.